The third kappa shape index (κ3) is 5.39. The zero-order chi connectivity index (χ0) is 19.3. The number of phenolic OH excluding ortho intramolecular Hbond substituents is 1. The normalized spacial score (nSPS) is 10.1. The molecule has 2 aromatic carbocycles. The number of nitro groups is 1. The minimum Gasteiger partial charge on any atom is -0.506 e. The number of anilines is 1. The van der Waals surface area contributed by atoms with Crippen molar-refractivity contribution in [2.24, 2.45) is 0 Å². The topological polar surface area (TPSA) is 114 Å². The molecular weight excluding hydrogens is 426 g/mol. The Kier molecular flexibility index (Phi) is 6.47. The van der Waals surface area contributed by atoms with Crippen molar-refractivity contribution in [3.63, 3.8) is 0 Å². The van der Waals surface area contributed by atoms with Crippen molar-refractivity contribution in [1.29, 1.82) is 0 Å². The van der Waals surface area contributed by atoms with E-state index in [0.29, 0.717) is 5.75 Å². The van der Waals surface area contributed by atoms with E-state index in [-0.39, 0.29) is 28.8 Å². The Labute approximate surface area is 162 Å². The average molecular weight is 440 g/mol. The van der Waals surface area contributed by atoms with Crippen LogP contribution in [-0.2, 0) is 4.79 Å². The molecule has 0 saturated heterocycles. The molecule has 0 unspecified atom stereocenters. The number of thiocarbonyl (C=S) groups is 1. The number of amides is 1. The number of hydrogen-bond donors (Lipinski definition) is 3. The molecule has 0 fully saturated rings. The van der Waals surface area contributed by atoms with Gasteiger partial charge in [0.05, 0.1) is 16.7 Å². The Bertz CT molecular complexity index is 875. The van der Waals surface area contributed by atoms with E-state index < -0.39 is 10.8 Å². The van der Waals surface area contributed by atoms with Crippen molar-refractivity contribution in [3.8, 4) is 11.5 Å². The zero-order valence-electron chi connectivity index (χ0n) is 13.5. The Hall–Kier alpha value is -2.72. The molecule has 0 radical (unpaired) electrons. The highest BCUT2D eigenvalue weighted by molar-refractivity contribution is 9.10. The lowest BCUT2D eigenvalue weighted by atomic mass is 10.2. The lowest BCUT2D eigenvalue weighted by molar-refractivity contribution is -0.384. The number of halogens is 1. The van der Waals surface area contributed by atoms with Gasteiger partial charge in [0, 0.05) is 10.5 Å². The van der Waals surface area contributed by atoms with Gasteiger partial charge in [-0.3, -0.25) is 20.2 Å². The van der Waals surface area contributed by atoms with Gasteiger partial charge in [-0.1, -0.05) is 15.9 Å². The first-order valence-electron chi connectivity index (χ1n) is 7.23. The molecule has 0 atom stereocenters. The molecule has 26 heavy (non-hydrogen) atoms. The van der Waals surface area contributed by atoms with Crippen LogP contribution in [0, 0.1) is 17.0 Å². The third-order valence-electron chi connectivity index (χ3n) is 3.19. The van der Waals surface area contributed by atoms with Crippen LogP contribution in [0.3, 0.4) is 0 Å². The van der Waals surface area contributed by atoms with Gasteiger partial charge in [-0.2, -0.15) is 0 Å². The Morgan fingerprint density at radius 3 is 2.69 bits per heavy atom. The summed E-state index contributed by atoms with van der Waals surface area (Å²) in [4.78, 5) is 21.9. The molecule has 136 valence electrons. The number of aryl methyl sites for hydroxylation is 1. The summed E-state index contributed by atoms with van der Waals surface area (Å²) >= 11 is 8.35. The molecule has 0 aromatic heterocycles. The number of ether oxygens (including phenoxy) is 1. The number of non-ortho nitro benzene ring substituents is 1. The molecular formula is C16H14BrN3O5S. The van der Waals surface area contributed by atoms with Gasteiger partial charge in [-0.05, 0) is 49.0 Å². The van der Waals surface area contributed by atoms with Gasteiger partial charge >= 0.3 is 0 Å². The average Bonchev–Trinajstić information content (AvgIpc) is 2.57. The quantitative estimate of drug-likeness (QED) is 0.283. The third-order valence-corrected chi connectivity index (χ3v) is 4.29. The zero-order valence-corrected chi connectivity index (χ0v) is 15.9. The van der Waals surface area contributed by atoms with Gasteiger partial charge in [0.25, 0.3) is 11.6 Å². The van der Waals surface area contributed by atoms with E-state index in [1.54, 1.807) is 12.1 Å². The van der Waals surface area contributed by atoms with Crippen LogP contribution >= 0.6 is 28.1 Å². The van der Waals surface area contributed by atoms with Gasteiger partial charge in [0.1, 0.15) is 11.5 Å². The molecule has 0 saturated carbocycles. The summed E-state index contributed by atoms with van der Waals surface area (Å²) in [7, 11) is 0. The van der Waals surface area contributed by atoms with Crippen molar-refractivity contribution >= 4 is 50.5 Å². The second kappa shape index (κ2) is 8.59. The van der Waals surface area contributed by atoms with Crippen molar-refractivity contribution in [1.82, 2.24) is 5.32 Å². The summed E-state index contributed by atoms with van der Waals surface area (Å²) < 4.78 is 6.31. The molecule has 0 aliphatic rings. The molecule has 0 spiro atoms. The first-order valence-corrected chi connectivity index (χ1v) is 8.43. The smallest absolute Gasteiger partial charge is 0.273 e. The number of hydrogen-bond acceptors (Lipinski definition) is 6. The molecule has 10 heteroatoms. The fourth-order valence-electron chi connectivity index (χ4n) is 1.91. The SMILES string of the molecule is Cc1cc(OCC(=O)NC(=S)Nc2ccc([N+](=O)[O-])cc2O)ccc1Br. The van der Waals surface area contributed by atoms with Crippen LogP contribution in [0.4, 0.5) is 11.4 Å². The van der Waals surface area contributed by atoms with Crippen LogP contribution in [0.25, 0.3) is 0 Å². The van der Waals surface area contributed by atoms with Crippen LogP contribution in [0.1, 0.15) is 5.56 Å². The molecule has 0 aliphatic carbocycles. The van der Waals surface area contributed by atoms with E-state index in [0.717, 1.165) is 16.1 Å². The van der Waals surface area contributed by atoms with Crippen LogP contribution in [-0.4, -0.2) is 27.7 Å². The van der Waals surface area contributed by atoms with Crippen molar-refractivity contribution in [2.45, 2.75) is 6.92 Å². The number of rotatable bonds is 5. The second-order valence-electron chi connectivity index (χ2n) is 5.16. The van der Waals surface area contributed by atoms with Gasteiger partial charge < -0.3 is 15.2 Å². The van der Waals surface area contributed by atoms with E-state index in [9.17, 15) is 20.0 Å². The molecule has 0 bridgehead atoms. The van der Waals surface area contributed by atoms with Crippen molar-refractivity contribution in [2.75, 3.05) is 11.9 Å². The number of phenols is 1. The minimum atomic E-state index is -0.634. The Balaban J connectivity index is 1.88. The summed E-state index contributed by atoms with van der Waals surface area (Å²) in [6.07, 6.45) is 0. The van der Waals surface area contributed by atoms with E-state index >= 15 is 0 Å². The fraction of sp³-hybridized carbons (Fsp3) is 0.125. The maximum atomic E-state index is 11.9. The number of benzene rings is 2. The van der Waals surface area contributed by atoms with Crippen LogP contribution in [0.15, 0.2) is 40.9 Å². The van der Waals surface area contributed by atoms with E-state index in [1.807, 2.05) is 13.0 Å². The van der Waals surface area contributed by atoms with Gasteiger partial charge in [-0.25, -0.2) is 0 Å². The monoisotopic (exact) mass is 439 g/mol. The highest BCUT2D eigenvalue weighted by Gasteiger charge is 2.12. The lowest BCUT2D eigenvalue weighted by Gasteiger charge is -2.11. The van der Waals surface area contributed by atoms with E-state index in [1.165, 1.54) is 12.1 Å². The number of nitrogens with one attached hydrogen (secondary N) is 2. The number of aromatic hydroxyl groups is 1. The highest BCUT2D eigenvalue weighted by atomic mass is 79.9. The van der Waals surface area contributed by atoms with Gasteiger partial charge in [-0.15, -0.1) is 0 Å². The fourth-order valence-corrected chi connectivity index (χ4v) is 2.38. The first-order chi connectivity index (χ1) is 12.3. The summed E-state index contributed by atoms with van der Waals surface area (Å²) in [5.74, 6) is -0.324. The van der Waals surface area contributed by atoms with E-state index in [2.05, 4.69) is 26.6 Å². The summed E-state index contributed by atoms with van der Waals surface area (Å²) in [6, 6.07) is 8.77. The van der Waals surface area contributed by atoms with E-state index in [4.69, 9.17) is 17.0 Å². The molecule has 3 N–H and O–H groups in total. The second-order valence-corrected chi connectivity index (χ2v) is 6.42. The van der Waals surface area contributed by atoms with Crippen LogP contribution < -0.4 is 15.4 Å². The Morgan fingerprint density at radius 2 is 2.08 bits per heavy atom. The molecule has 2 aromatic rings. The van der Waals surface area contributed by atoms with Crippen LogP contribution in [0.5, 0.6) is 11.5 Å². The largest absolute Gasteiger partial charge is 0.506 e. The maximum absolute atomic E-state index is 11.9. The molecule has 0 heterocycles. The number of carbonyl (C=O) groups excluding carboxylic acids is 1. The van der Waals surface area contributed by atoms with Crippen molar-refractivity contribution in [3.05, 3.63) is 56.5 Å². The molecule has 1 amide bonds. The van der Waals surface area contributed by atoms with Gasteiger partial charge in [0.15, 0.2) is 11.7 Å². The summed E-state index contributed by atoms with van der Waals surface area (Å²) in [6.45, 7) is 1.64. The number of carbonyl (C=O) groups is 1. The summed E-state index contributed by atoms with van der Waals surface area (Å²) in [5, 5.41) is 25.3. The molecule has 8 nitrogen and oxygen atoms in total. The predicted octanol–water partition coefficient (Wildman–Crippen LogP) is 3.26. The molecule has 2 rings (SSSR count). The summed E-state index contributed by atoms with van der Waals surface area (Å²) in [5.41, 5.74) is 0.834. The maximum Gasteiger partial charge on any atom is 0.273 e. The highest BCUT2D eigenvalue weighted by Crippen LogP contribution is 2.27. The first kappa shape index (κ1) is 19.6. The molecule has 0 aliphatic heterocycles. The number of nitrogens with zero attached hydrogens (tertiary/aromatic N) is 1. The van der Waals surface area contributed by atoms with Crippen molar-refractivity contribution < 1.29 is 19.6 Å². The van der Waals surface area contributed by atoms with Gasteiger partial charge in [0.2, 0.25) is 0 Å². The Morgan fingerprint density at radius 1 is 1.35 bits per heavy atom. The van der Waals surface area contributed by atoms with Crippen LogP contribution in [0.2, 0.25) is 0 Å². The predicted molar refractivity (Wildman–Crippen MR) is 103 cm³/mol. The number of nitro benzene ring substituents is 1. The standard InChI is InChI=1S/C16H14BrN3O5S/c1-9-6-11(3-4-12(9)17)25-8-15(22)19-16(26)18-13-5-2-10(20(23)24)7-14(13)21/h2-7,21H,8H2,1H3,(H2,18,19,22,26). The minimum absolute atomic E-state index is 0.0743. The lowest BCUT2D eigenvalue weighted by Crippen LogP contribution is -2.37.